The van der Waals surface area contributed by atoms with Crippen molar-refractivity contribution >= 4 is 29.1 Å². The van der Waals surface area contributed by atoms with Crippen LogP contribution in [0.1, 0.15) is 23.1 Å². The Morgan fingerprint density at radius 2 is 1.65 bits per heavy atom. The van der Waals surface area contributed by atoms with Crippen LogP contribution in [-0.4, -0.2) is 48.1 Å². The fourth-order valence-corrected chi connectivity index (χ4v) is 2.61. The molecule has 1 fully saturated rings. The van der Waals surface area contributed by atoms with Crippen LogP contribution in [0.5, 0.6) is 0 Å². The zero-order valence-electron chi connectivity index (χ0n) is 14.8. The molecular formula is C18H21N5O3. The lowest BCUT2D eigenvalue weighted by Crippen LogP contribution is -2.37. The van der Waals surface area contributed by atoms with Crippen LogP contribution in [0.3, 0.4) is 0 Å². The predicted octanol–water partition coefficient (Wildman–Crippen LogP) is 1.83. The molecule has 0 saturated carbocycles. The summed E-state index contributed by atoms with van der Waals surface area (Å²) in [4.78, 5) is 34.4. The van der Waals surface area contributed by atoms with Crippen molar-refractivity contribution in [2.75, 3.05) is 41.8 Å². The summed E-state index contributed by atoms with van der Waals surface area (Å²) in [5.74, 6) is 0.0885. The summed E-state index contributed by atoms with van der Waals surface area (Å²) in [6.07, 6.45) is 0. The Morgan fingerprint density at radius 3 is 2.27 bits per heavy atom. The number of anilines is 3. The summed E-state index contributed by atoms with van der Waals surface area (Å²) >= 11 is 0. The van der Waals surface area contributed by atoms with Crippen molar-refractivity contribution in [1.29, 1.82) is 0 Å². The Hall–Kier alpha value is -3.00. The molecule has 2 heterocycles. The van der Waals surface area contributed by atoms with E-state index in [9.17, 15) is 9.59 Å². The van der Waals surface area contributed by atoms with Gasteiger partial charge in [-0.3, -0.25) is 9.59 Å². The molecule has 1 saturated heterocycles. The predicted molar refractivity (Wildman–Crippen MR) is 98.5 cm³/mol. The molecule has 1 aliphatic rings. The number of morpholine rings is 1. The molecule has 0 bridgehead atoms. The molecule has 0 radical (unpaired) electrons. The molecule has 136 valence electrons. The number of hydrogen-bond donors (Lipinski definition) is 2. The lowest BCUT2D eigenvalue weighted by Gasteiger charge is -2.27. The molecule has 8 heteroatoms. The SMILES string of the molecule is CC(=O)Nc1ccc(NC(=O)c2cc(C)nc(N3CCOCC3)n2)cc1. The molecule has 1 aromatic heterocycles. The van der Waals surface area contributed by atoms with Gasteiger partial charge in [0.15, 0.2) is 0 Å². The van der Waals surface area contributed by atoms with E-state index in [1.807, 2.05) is 11.8 Å². The van der Waals surface area contributed by atoms with Crippen LogP contribution in [0, 0.1) is 6.92 Å². The zero-order chi connectivity index (χ0) is 18.5. The minimum absolute atomic E-state index is 0.145. The Bertz CT molecular complexity index is 801. The molecule has 0 atom stereocenters. The molecule has 2 N–H and O–H groups in total. The summed E-state index contributed by atoms with van der Waals surface area (Å²) in [6.45, 7) is 5.94. The molecule has 0 spiro atoms. The van der Waals surface area contributed by atoms with E-state index in [4.69, 9.17) is 4.74 Å². The second-order valence-corrected chi connectivity index (χ2v) is 6.01. The number of hydrogen-bond acceptors (Lipinski definition) is 6. The second-order valence-electron chi connectivity index (χ2n) is 6.01. The third kappa shape index (κ3) is 4.54. The topological polar surface area (TPSA) is 96.5 Å². The average molecular weight is 355 g/mol. The Morgan fingerprint density at radius 1 is 1.04 bits per heavy atom. The molecule has 2 aromatic rings. The summed E-state index contributed by atoms with van der Waals surface area (Å²) < 4.78 is 5.34. The fourth-order valence-electron chi connectivity index (χ4n) is 2.61. The number of nitrogens with one attached hydrogen (secondary N) is 2. The Kier molecular flexibility index (Phi) is 5.43. The van der Waals surface area contributed by atoms with Crippen molar-refractivity contribution in [3.63, 3.8) is 0 Å². The lowest BCUT2D eigenvalue weighted by atomic mass is 10.2. The van der Waals surface area contributed by atoms with Gasteiger partial charge < -0.3 is 20.3 Å². The number of carbonyl (C=O) groups excluding carboxylic acids is 2. The van der Waals surface area contributed by atoms with Gasteiger partial charge in [0.05, 0.1) is 13.2 Å². The quantitative estimate of drug-likeness (QED) is 0.869. The number of rotatable bonds is 4. The van der Waals surface area contributed by atoms with Gasteiger partial charge in [-0.05, 0) is 37.3 Å². The summed E-state index contributed by atoms with van der Waals surface area (Å²) in [7, 11) is 0. The van der Waals surface area contributed by atoms with E-state index in [0.29, 0.717) is 49.3 Å². The highest BCUT2D eigenvalue weighted by atomic mass is 16.5. The first-order valence-corrected chi connectivity index (χ1v) is 8.38. The van der Waals surface area contributed by atoms with Gasteiger partial charge in [-0.15, -0.1) is 0 Å². The van der Waals surface area contributed by atoms with Gasteiger partial charge in [0.25, 0.3) is 5.91 Å². The van der Waals surface area contributed by atoms with Gasteiger partial charge in [0, 0.05) is 37.1 Å². The number of amides is 2. The Labute approximate surface area is 151 Å². The number of aryl methyl sites for hydroxylation is 1. The van der Waals surface area contributed by atoms with E-state index in [-0.39, 0.29) is 11.8 Å². The second kappa shape index (κ2) is 7.92. The number of benzene rings is 1. The summed E-state index contributed by atoms with van der Waals surface area (Å²) in [6, 6.07) is 8.55. The molecule has 0 aliphatic carbocycles. The first-order valence-electron chi connectivity index (χ1n) is 8.38. The molecule has 26 heavy (non-hydrogen) atoms. The third-order valence-corrected chi connectivity index (χ3v) is 3.83. The van der Waals surface area contributed by atoms with E-state index < -0.39 is 0 Å². The third-order valence-electron chi connectivity index (χ3n) is 3.83. The van der Waals surface area contributed by atoms with E-state index in [2.05, 4.69) is 20.6 Å². The van der Waals surface area contributed by atoms with Crippen molar-refractivity contribution in [2.45, 2.75) is 13.8 Å². The highest BCUT2D eigenvalue weighted by Crippen LogP contribution is 2.16. The molecule has 8 nitrogen and oxygen atoms in total. The van der Waals surface area contributed by atoms with E-state index in [1.54, 1.807) is 30.3 Å². The summed E-state index contributed by atoms with van der Waals surface area (Å²) in [5.41, 5.74) is 2.33. The maximum Gasteiger partial charge on any atom is 0.274 e. The maximum absolute atomic E-state index is 12.5. The van der Waals surface area contributed by atoms with Gasteiger partial charge in [0.2, 0.25) is 11.9 Å². The van der Waals surface area contributed by atoms with Crippen molar-refractivity contribution in [3.05, 3.63) is 41.7 Å². The largest absolute Gasteiger partial charge is 0.378 e. The summed E-state index contributed by atoms with van der Waals surface area (Å²) in [5, 5.41) is 5.49. The maximum atomic E-state index is 12.5. The van der Waals surface area contributed by atoms with Crippen molar-refractivity contribution in [1.82, 2.24) is 9.97 Å². The smallest absolute Gasteiger partial charge is 0.274 e. The minimum atomic E-state index is -0.308. The van der Waals surface area contributed by atoms with Crippen LogP contribution in [0.4, 0.5) is 17.3 Å². The number of aromatic nitrogens is 2. The first-order chi connectivity index (χ1) is 12.5. The molecule has 1 aliphatic heterocycles. The average Bonchev–Trinajstić information content (AvgIpc) is 2.63. The van der Waals surface area contributed by atoms with Crippen molar-refractivity contribution in [2.24, 2.45) is 0 Å². The normalized spacial score (nSPS) is 14.0. The van der Waals surface area contributed by atoms with Crippen LogP contribution in [0.15, 0.2) is 30.3 Å². The van der Waals surface area contributed by atoms with Crippen LogP contribution in [-0.2, 0) is 9.53 Å². The van der Waals surface area contributed by atoms with Crippen molar-refractivity contribution in [3.8, 4) is 0 Å². The molecule has 0 unspecified atom stereocenters. The fraction of sp³-hybridized carbons (Fsp3) is 0.333. The standard InChI is InChI=1S/C18H21N5O3/c1-12-11-16(22-18(19-12)23-7-9-26-10-8-23)17(25)21-15-5-3-14(4-6-15)20-13(2)24/h3-6,11H,7-10H2,1-2H3,(H,20,24)(H,21,25). The number of carbonyl (C=O) groups is 2. The van der Waals surface area contributed by atoms with Crippen LogP contribution in [0.2, 0.25) is 0 Å². The van der Waals surface area contributed by atoms with Crippen LogP contribution in [0.25, 0.3) is 0 Å². The van der Waals surface area contributed by atoms with Gasteiger partial charge >= 0.3 is 0 Å². The monoisotopic (exact) mass is 355 g/mol. The van der Waals surface area contributed by atoms with Gasteiger partial charge in [0.1, 0.15) is 5.69 Å². The van der Waals surface area contributed by atoms with E-state index in [0.717, 1.165) is 5.69 Å². The van der Waals surface area contributed by atoms with Crippen LogP contribution < -0.4 is 15.5 Å². The lowest BCUT2D eigenvalue weighted by molar-refractivity contribution is -0.114. The van der Waals surface area contributed by atoms with E-state index in [1.165, 1.54) is 6.92 Å². The molecule has 2 amide bonds. The highest BCUT2D eigenvalue weighted by molar-refractivity contribution is 6.03. The minimum Gasteiger partial charge on any atom is -0.378 e. The Balaban J connectivity index is 1.72. The van der Waals surface area contributed by atoms with E-state index >= 15 is 0 Å². The molecular weight excluding hydrogens is 334 g/mol. The zero-order valence-corrected chi connectivity index (χ0v) is 14.8. The van der Waals surface area contributed by atoms with Gasteiger partial charge in [-0.25, -0.2) is 9.97 Å². The van der Waals surface area contributed by atoms with Gasteiger partial charge in [-0.2, -0.15) is 0 Å². The molecule has 1 aromatic carbocycles. The van der Waals surface area contributed by atoms with Crippen LogP contribution >= 0.6 is 0 Å². The van der Waals surface area contributed by atoms with Crippen molar-refractivity contribution < 1.29 is 14.3 Å². The van der Waals surface area contributed by atoms with Gasteiger partial charge in [-0.1, -0.05) is 0 Å². The first kappa shape index (κ1) is 17.8. The molecule has 3 rings (SSSR count). The number of nitrogens with zero attached hydrogens (tertiary/aromatic N) is 3. The number of ether oxygens (including phenoxy) is 1. The highest BCUT2D eigenvalue weighted by Gasteiger charge is 2.17.